The Morgan fingerprint density at radius 3 is 2.71 bits per heavy atom. The van der Waals surface area contributed by atoms with Crippen molar-refractivity contribution < 1.29 is 23.6 Å². The molecule has 0 N–H and O–H groups in total. The monoisotopic (exact) mass is 491 g/mol. The number of halogens is 1. The summed E-state index contributed by atoms with van der Waals surface area (Å²) in [5.41, 5.74) is 0.294. The van der Waals surface area contributed by atoms with Crippen LogP contribution in [-0.2, 0) is 9.53 Å². The van der Waals surface area contributed by atoms with Crippen LogP contribution in [0.4, 0.5) is 0 Å². The Hall–Kier alpha value is -2.39. The van der Waals surface area contributed by atoms with Crippen molar-refractivity contribution in [2.75, 3.05) is 39.4 Å². The van der Waals surface area contributed by atoms with Gasteiger partial charge in [-0.2, -0.15) is 0 Å². The van der Waals surface area contributed by atoms with Crippen LogP contribution in [0.1, 0.15) is 29.1 Å². The second kappa shape index (κ2) is 9.82. The van der Waals surface area contributed by atoms with Gasteiger partial charge in [-0.1, -0.05) is 27.2 Å². The number of aromatic nitrogens is 1. The van der Waals surface area contributed by atoms with Gasteiger partial charge in [-0.05, 0) is 25.1 Å². The van der Waals surface area contributed by atoms with Crippen LogP contribution in [0.5, 0.6) is 5.75 Å². The van der Waals surface area contributed by atoms with Crippen molar-refractivity contribution >= 4 is 27.7 Å². The number of hydrogen-bond donors (Lipinski definition) is 0. The average Bonchev–Trinajstić information content (AvgIpc) is 3.21. The van der Waals surface area contributed by atoms with Crippen LogP contribution in [0.2, 0.25) is 0 Å². The van der Waals surface area contributed by atoms with Crippen LogP contribution >= 0.6 is 15.9 Å². The number of hydrogen-bond acceptors (Lipinski definition) is 6. The number of carbonyl (C=O) groups excluding carboxylic acids is 2. The highest BCUT2D eigenvalue weighted by atomic mass is 79.9. The Morgan fingerprint density at radius 1 is 1.19 bits per heavy atom. The maximum atomic E-state index is 12.9. The van der Waals surface area contributed by atoms with E-state index in [1.54, 1.807) is 17.9 Å². The van der Waals surface area contributed by atoms with E-state index in [2.05, 4.69) is 21.1 Å². The first-order valence-electron chi connectivity index (χ1n) is 10.5. The zero-order valence-electron chi connectivity index (χ0n) is 17.5. The fraction of sp³-hybridized carbons (Fsp3) is 0.500. The van der Waals surface area contributed by atoms with Crippen molar-refractivity contribution in [3.8, 4) is 5.75 Å². The van der Waals surface area contributed by atoms with Crippen molar-refractivity contribution in [2.24, 2.45) is 5.92 Å². The van der Waals surface area contributed by atoms with Crippen LogP contribution in [0.3, 0.4) is 0 Å². The first-order valence-corrected chi connectivity index (χ1v) is 11.3. The summed E-state index contributed by atoms with van der Waals surface area (Å²) in [6.07, 6.45) is 0.790. The Labute approximate surface area is 189 Å². The molecule has 166 valence electrons. The lowest BCUT2D eigenvalue weighted by Gasteiger charge is -2.39. The molecule has 3 heterocycles. The Bertz CT molecular complexity index is 927. The molecule has 2 fully saturated rings. The number of aryl methyl sites for hydroxylation is 1. The number of piperidine rings is 1. The minimum absolute atomic E-state index is 0.0720. The maximum absolute atomic E-state index is 12.9. The summed E-state index contributed by atoms with van der Waals surface area (Å²) in [7, 11) is 0. The van der Waals surface area contributed by atoms with E-state index in [9.17, 15) is 9.59 Å². The van der Waals surface area contributed by atoms with Gasteiger partial charge in [0, 0.05) is 55.5 Å². The molecule has 0 spiro atoms. The van der Waals surface area contributed by atoms with Gasteiger partial charge in [0.1, 0.15) is 17.6 Å². The molecular formula is C22H26BrN3O5. The van der Waals surface area contributed by atoms with Crippen LogP contribution in [0.15, 0.2) is 39.3 Å². The number of carbonyl (C=O) groups is 2. The molecule has 2 saturated heterocycles. The molecule has 1 aromatic carbocycles. The number of rotatable bonds is 5. The largest absolute Gasteiger partial charge is 0.490 e. The Morgan fingerprint density at radius 2 is 2.00 bits per heavy atom. The lowest BCUT2D eigenvalue weighted by atomic mass is 9.90. The number of benzene rings is 1. The SMILES string of the molecule is Cc1cc(C(=O)N2CC[C@H](Oc3cccc(Br)c3)[C@@H](CC(=O)N3CCOCC3)C2)no1. The molecule has 8 nitrogen and oxygen atoms in total. The number of amides is 2. The average molecular weight is 492 g/mol. The smallest absolute Gasteiger partial charge is 0.276 e. The number of likely N-dealkylation sites (tertiary alicyclic amines) is 1. The topological polar surface area (TPSA) is 85.1 Å². The minimum atomic E-state index is -0.179. The molecule has 2 aromatic rings. The molecule has 2 aliphatic rings. The lowest BCUT2D eigenvalue weighted by molar-refractivity contribution is -0.137. The lowest BCUT2D eigenvalue weighted by Crippen LogP contribution is -2.50. The van der Waals surface area contributed by atoms with Gasteiger partial charge in [-0.3, -0.25) is 9.59 Å². The molecule has 0 saturated carbocycles. The van der Waals surface area contributed by atoms with Crippen LogP contribution in [-0.4, -0.2) is 72.3 Å². The fourth-order valence-corrected chi connectivity index (χ4v) is 4.43. The third-order valence-electron chi connectivity index (χ3n) is 5.68. The third-order valence-corrected chi connectivity index (χ3v) is 6.18. The van der Waals surface area contributed by atoms with E-state index < -0.39 is 0 Å². The normalized spacial score (nSPS) is 21.7. The first-order chi connectivity index (χ1) is 15.0. The standard InChI is InChI=1S/C22H26BrN3O5/c1-15-11-19(24-31-15)22(28)26-6-5-20(30-18-4-2-3-17(23)13-18)16(14-26)12-21(27)25-7-9-29-10-8-25/h2-4,11,13,16,20H,5-10,12,14H2,1H3/t16-,20-/m0/s1. The highest BCUT2D eigenvalue weighted by Gasteiger charge is 2.36. The molecule has 0 aliphatic carbocycles. The Balaban J connectivity index is 1.48. The van der Waals surface area contributed by atoms with Crippen molar-refractivity contribution in [3.63, 3.8) is 0 Å². The van der Waals surface area contributed by atoms with Gasteiger partial charge in [0.05, 0.1) is 13.2 Å². The molecular weight excluding hydrogens is 466 g/mol. The van der Waals surface area contributed by atoms with Gasteiger partial charge in [0.15, 0.2) is 5.69 Å². The zero-order chi connectivity index (χ0) is 21.8. The highest BCUT2D eigenvalue weighted by Crippen LogP contribution is 2.28. The van der Waals surface area contributed by atoms with Crippen LogP contribution < -0.4 is 4.74 Å². The molecule has 2 amide bonds. The number of ether oxygens (including phenoxy) is 2. The third kappa shape index (κ3) is 5.46. The maximum Gasteiger partial charge on any atom is 0.276 e. The Kier molecular flexibility index (Phi) is 6.92. The molecule has 31 heavy (non-hydrogen) atoms. The summed E-state index contributed by atoms with van der Waals surface area (Å²) in [4.78, 5) is 29.4. The quantitative estimate of drug-likeness (QED) is 0.639. The van der Waals surface area contributed by atoms with Gasteiger partial charge in [-0.25, -0.2) is 0 Å². The van der Waals surface area contributed by atoms with Crippen molar-refractivity contribution in [2.45, 2.75) is 25.9 Å². The van der Waals surface area contributed by atoms with Gasteiger partial charge >= 0.3 is 0 Å². The van der Waals surface area contributed by atoms with Gasteiger partial charge < -0.3 is 23.8 Å². The molecule has 0 radical (unpaired) electrons. The van der Waals surface area contributed by atoms with Crippen LogP contribution in [0.25, 0.3) is 0 Å². The molecule has 2 aliphatic heterocycles. The number of nitrogens with zero attached hydrogens (tertiary/aromatic N) is 3. The van der Waals surface area contributed by atoms with Gasteiger partial charge in [-0.15, -0.1) is 0 Å². The van der Waals surface area contributed by atoms with E-state index in [1.165, 1.54) is 0 Å². The number of morpholine rings is 1. The molecule has 2 atom stereocenters. The van der Waals surface area contributed by atoms with E-state index in [0.29, 0.717) is 63.7 Å². The summed E-state index contributed by atoms with van der Waals surface area (Å²) in [6, 6.07) is 9.31. The summed E-state index contributed by atoms with van der Waals surface area (Å²) < 4.78 is 17.6. The van der Waals surface area contributed by atoms with Gasteiger partial charge in [0.2, 0.25) is 5.91 Å². The minimum Gasteiger partial charge on any atom is -0.490 e. The molecule has 0 unspecified atom stereocenters. The second-order valence-electron chi connectivity index (χ2n) is 7.93. The van der Waals surface area contributed by atoms with Gasteiger partial charge in [0.25, 0.3) is 5.91 Å². The van der Waals surface area contributed by atoms with E-state index >= 15 is 0 Å². The second-order valence-corrected chi connectivity index (χ2v) is 8.85. The molecule has 0 bridgehead atoms. The first kappa shape index (κ1) is 21.8. The van der Waals surface area contributed by atoms with Crippen LogP contribution in [0, 0.1) is 12.8 Å². The van der Waals surface area contributed by atoms with E-state index in [4.69, 9.17) is 14.0 Å². The van der Waals surface area contributed by atoms with E-state index in [1.807, 2.05) is 29.2 Å². The molecule has 1 aromatic heterocycles. The summed E-state index contributed by atoms with van der Waals surface area (Å²) in [5, 5.41) is 3.86. The molecule has 4 rings (SSSR count). The predicted molar refractivity (Wildman–Crippen MR) is 116 cm³/mol. The fourth-order valence-electron chi connectivity index (χ4n) is 4.06. The zero-order valence-corrected chi connectivity index (χ0v) is 19.0. The van der Waals surface area contributed by atoms with Crippen molar-refractivity contribution in [3.05, 3.63) is 46.3 Å². The highest BCUT2D eigenvalue weighted by molar-refractivity contribution is 9.10. The van der Waals surface area contributed by atoms with E-state index in [-0.39, 0.29) is 23.8 Å². The van der Waals surface area contributed by atoms with Crippen molar-refractivity contribution in [1.29, 1.82) is 0 Å². The van der Waals surface area contributed by atoms with Crippen molar-refractivity contribution in [1.82, 2.24) is 15.0 Å². The summed E-state index contributed by atoms with van der Waals surface area (Å²) >= 11 is 3.47. The van der Waals surface area contributed by atoms with E-state index in [0.717, 1.165) is 10.2 Å². The predicted octanol–water partition coefficient (Wildman–Crippen LogP) is 2.90. The summed E-state index contributed by atoms with van der Waals surface area (Å²) in [6.45, 7) is 5.04. The summed E-state index contributed by atoms with van der Waals surface area (Å²) in [5.74, 6) is 1.11. The molecule has 9 heteroatoms.